The lowest BCUT2D eigenvalue weighted by atomic mass is 9.81. The molecule has 0 radical (unpaired) electrons. The summed E-state index contributed by atoms with van der Waals surface area (Å²) >= 11 is 0. The first-order valence-electron chi connectivity index (χ1n) is 28.6. The maximum atomic E-state index is 14.0. The van der Waals surface area contributed by atoms with Gasteiger partial charge in [0.25, 0.3) is 5.91 Å². The minimum absolute atomic E-state index is 0.192. The van der Waals surface area contributed by atoms with Crippen LogP contribution < -0.4 is 10.1 Å². The summed E-state index contributed by atoms with van der Waals surface area (Å²) in [7, 11) is 5.58. The molecule has 81 heavy (non-hydrogen) atoms. The molecular weight excluding hydrogens is 1040 g/mol. The number of ether oxygens (including phenoxy) is 3. The Kier molecular flexibility index (Phi) is 43.3. The number of Topliss-reactive ketones (excluding diaryl/α,β-unsaturated/α-hetero) is 3. The van der Waals surface area contributed by atoms with Crippen molar-refractivity contribution in [3.63, 3.8) is 0 Å². The van der Waals surface area contributed by atoms with Crippen LogP contribution in [0.1, 0.15) is 154 Å². The summed E-state index contributed by atoms with van der Waals surface area (Å²) in [5, 5.41) is 13.6. The molecule has 1 aromatic carbocycles. The van der Waals surface area contributed by atoms with Crippen molar-refractivity contribution in [1.82, 2.24) is 29.8 Å². The van der Waals surface area contributed by atoms with E-state index in [9.17, 15) is 57.8 Å². The van der Waals surface area contributed by atoms with Gasteiger partial charge in [0.2, 0.25) is 35.8 Å². The van der Waals surface area contributed by atoms with Crippen molar-refractivity contribution >= 4 is 65.2 Å². The summed E-state index contributed by atoms with van der Waals surface area (Å²) < 4.78 is 15.3. The molecule has 21 heteroatoms. The van der Waals surface area contributed by atoms with Crippen molar-refractivity contribution in [2.45, 2.75) is 173 Å². The Labute approximate surface area is 484 Å². The van der Waals surface area contributed by atoms with Gasteiger partial charge in [0.05, 0.1) is 38.6 Å². The van der Waals surface area contributed by atoms with E-state index in [1.165, 1.54) is 40.1 Å². The monoisotopic (exact) mass is 1150 g/mol. The molecule has 2 saturated heterocycles. The summed E-state index contributed by atoms with van der Waals surface area (Å²) in [5.41, 5.74) is 1.26. The summed E-state index contributed by atoms with van der Waals surface area (Å²) in [4.78, 5) is 144. The van der Waals surface area contributed by atoms with Crippen LogP contribution in [0.25, 0.3) is 0 Å². The van der Waals surface area contributed by atoms with Crippen LogP contribution >= 0.6 is 0 Å². The lowest BCUT2D eigenvalue weighted by molar-refractivity contribution is -0.154. The van der Waals surface area contributed by atoms with Crippen LogP contribution in [0, 0.1) is 36.5 Å². The van der Waals surface area contributed by atoms with Gasteiger partial charge in [-0.05, 0) is 75.3 Å². The molecular formula is C60H104N6O15. The molecule has 3 rings (SSSR count). The van der Waals surface area contributed by atoms with Crippen LogP contribution in [0.3, 0.4) is 0 Å². The molecule has 2 fully saturated rings. The van der Waals surface area contributed by atoms with E-state index in [0.717, 1.165) is 57.0 Å². The standard InChI is InChI=1S/C39H60N6O14.C8H10O.2C4H10.C3H8.C2H6/c1-8-24(2)27(30(48)17-35(53)59-22-32(50)25(3)37(55)40-18-33(51)44-13-9-10-14-44)16-31(49)29(21-58-36(54)20-41(5)23-46)43(7)34(52)19-42(6)39(57)28-12-11-15-45(28)38(56)26(4)47;1-7-3-5-8(9-2)6-4-7;2*1-4(2)3;1-3-2;1-2/h23-25,27-30,48H,8-22H2,1-7H3,(H,40,55);3-6H,1-2H3;2*4H,1-3H3;3H2,1-2H3;1-2H3/t24?,25?,27-,28?,29?,30?;;;;;/m0...../s1. The predicted octanol–water partition coefficient (Wildman–Crippen LogP) is 6.11. The third-order valence-corrected chi connectivity index (χ3v) is 12.1. The lowest BCUT2D eigenvalue weighted by Crippen LogP contribution is -2.53. The van der Waals surface area contributed by atoms with Crippen molar-refractivity contribution in [1.29, 1.82) is 0 Å². The number of esters is 2. The second-order valence-corrected chi connectivity index (χ2v) is 21.5. The average Bonchev–Trinajstić information content (AvgIpc) is 4.15. The number of carbonyl (C=O) groups is 11. The van der Waals surface area contributed by atoms with E-state index in [0.29, 0.717) is 32.3 Å². The number of aliphatic hydroxyl groups excluding tert-OH is 1. The first-order chi connectivity index (χ1) is 37.9. The number of hydrogen-bond acceptors (Lipinski definition) is 15. The Morgan fingerprint density at radius 1 is 0.765 bits per heavy atom. The number of hydrogen-bond donors (Lipinski definition) is 2. The second-order valence-electron chi connectivity index (χ2n) is 21.5. The van der Waals surface area contributed by atoms with Gasteiger partial charge in [-0.15, -0.1) is 0 Å². The quantitative estimate of drug-likeness (QED) is 0.0484. The van der Waals surface area contributed by atoms with Crippen LogP contribution in [0.5, 0.6) is 5.75 Å². The van der Waals surface area contributed by atoms with Gasteiger partial charge < -0.3 is 49.1 Å². The van der Waals surface area contributed by atoms with E-state index in [1.807, 2.05) is 38.1 Å². The topological polar surface area (TPSA) is 264 Å². The first kappa shape index (κ1) is 79.0. The Hall–Kier alpha value is -6.25. The Balaban J connectivity index is -0.00000232. The number of methoxy groups -OCH3 is 1. The molecule has 5 unspecified atom stereocenters. The zero-order valence-corrected chi connectivity index (χ0v) is 52.7. The van der Waals surface area contributed by atoms with Crippen molar-refractivity contribution in [3.05, 3.63) is 29.8 Å². The van der Waals surface area contributed by atoms with E-state index in [-0.39, 0.29) is 31.3 Å². The third-order valence-electron chi connectivity index (χ3n) is 12.1. The summed E-state index contributed by atoms with van der Waals surface area (Å²) in [6.45, 7) is 27.9. The highest BCUT2D eigenvalue weighted by Gasteiger charge is 2.39. The molecule has 0 bridgehead atoms. The number of carbonyl (C=O) groups excluding carboxylic acids is 11. The number of likely N-dealkylation sites (tertiary alicyclic amines) is 2. The molecule has 21 nitrogen and oxygen atoms in total. The Morgan fingerprint density at radius 2 is 1.30 bits per heavy atom. The molecule has 0 aromatic heterocycles. The number of aryl methyl sites for hydroxylation is 1. The molecule has 464 valence electrons. The molecule has 2 heterocycles. The second kappa shape index (κ2) is 44.4. The molecule has 0 aliphatic carbocycles. The molecule has 1 aromatic rings. The number of benzene rings is 1. The summed E-state index contributed by atoms with van der Waals surface area (Å²) in [6.07, 6.45) is 2.06. The molecule has 2 aliphatic heterocycles. The Morgan fingerprint density at radius 3 is 1.78 bits per heavy atom. The molecule has 2 aliphatic rings. The summed E-state index contributed by atoms with van der Waals surface area (Å²) in [5.74, 6) is -7.10. The van der Waals surface area contributed by atoms with Gasteiger partial charge in [0, 0.05) is 54.1 Å². The first-order valence-corrected chi connectivity index (χ1v) is 28.6. The third kappa shape index (κ3) is 34.0. The summed E-state index contributed by atoms with van der Waals surface area (Å²) in [6, 6.07) is 5.55. The van der Waals surface area contributed by atoms with Crippen molar-refractivity contribution in [2.24, 2.45) is 29.6 Å². The highest BCUT2D eigenvalue weighted by molar-refractivity contribution is 6.35. The van der Waals surface area contributed by atoms with Gasteiger partial charge in [-0.25, -0.2) is 0 Å². The highest BCUT2D eigenvalue weighted by Crippen LogP contribution is 2.27. The van der Waals surface area contributed by atoms with Crippen molar-refractivity contribution < 1.29 is 72.1 Å². The van der Waals surface area contributed by atoms with Gasteiger partial charge in [-0.3, -0.25) is 52.7 Å². The number of nitrogens with zero attached hydrogens (tertiary/aromatic N) is 5. The van der Waals surface area contributed by atoms with E-state index < -0.39 is 122 Å². The molecule has 0 saturated carbocycles. The van der Waals surface area contributed by atoms with Crippen molar-refractivity contribution in [2.75, 3.05) is 80.7 Å². The number of amides is 6. The highest BCUT2D eigenvalue weighted by atomic mass is 16.5. The fourth-order valence-electron chi connectivity index (χ4n) is 7.43. The maximum absolute atomic E-state index is 14.0. The van der Waals surface area contributed by atoms with Crippen LogP contribution in [0.4, 0.5) is 0 Å². The minimum Gasteiger partial charge on any atom is -0.497 e. The average molecular weight is 1150 g/mol. The fourth-order valence-corrected chi connectivity index (χ4v) is 7.43. The zero-order valence-electron chi connectivity index (χ0n) is 52.7. The van der Waals surface area contributed by atoms with Crippen molar-refractivity contribution in [3.8, 4) is 5.75 Å². The van der Waals surface area contributed by atoms with Crippen LogP contribution in [0.15, 0.2) is 24.3 Å². The van der Waals surface area contributed by atoms with E-state index in [4.69, 9.17) is 14.2 Å². The molecule has 6 amide bonds. The number of nitrogens with one attached hydrogen (secondary N) is 1. The smallest absolute Gasteiger partial charge is 0.325 e. The van der Waals surface area contributed by atoms with E-state index >= 15 is 0 Å². The molecule has 2 N–H and O–H groups in total. The van der Waals surface area contributed by atoms with Gasteiger partial charge in [0.1, 0.15) is 31.0 Å². The van der Waals surface area contributed by atoms with E-state index in [1.54, 1.807) is 25.9 Å². The van der Waals surface area contributed by atoms with E-state index in [2.05, 4.69) is 67.6 Å². The van der Waals surface area contributed by atoms with Gasteiger partial charge in [-0.1, -0.05) is 114 Å². The fraction of sp³-hybridized carbons (Fsp3) is 0.717. The Bertz CT molecular complexity index is 2050. The SMILES string of the molecule is CC.CC(C)C.CC(C)C.CCC.CCC(C)[C@H](CC(=O)C(COC(=O)CN(C)C=O)N(C)C(=O)CN(C)C(=O)C1CCCN1C(=O)C(C)=O)C(O)CC(=O)OCC(=O)C(C)C(=O)NCC(=O)N1CCCC1.COc1ccc(C)cc1. The van der Waals surface area contributed by atoms with Gasteiger partial charge in [0.15, 0.2) is 18.2 Å². The van der Waals surface area contributed by atoms with Crippen LogP contribution in [-0.4, -0.2) is 194 Å². The van der Waals surface area contributed by atoms with Gasteiger partial charge >= 0.3 is 11.9 Å². The largest absolute Gasteiger partial charge is 0.497 e. The molecule has 6 atom stereocenters. The number of rotatable bonds is 25. The van der Waals surface area contributed by atoms with Crippen LogP contribution in [0.2, 0.25) is 0 Å². The normalized spacial score (nSPS) is 14.9. The lowest BCUT2D eigenvalue weighted by Gasteiger charge is -2.33. The molecule has 0 spiro atoms. The predicted molar refractivity (Wildman–Crippen MR) is 312 cm³/mol. The number of ketones is 3. The number of likely N-dealkylation sites (N-methyl/N-ethyl adjacent to an activating group) is 3. The maximum Gasteiger partial charge on any atom is 0.325 e. The minimum atomic E-state index is -1.48. The van der Waals surface area contributed by atoms with Crippen LogP contribution in [-0.2, 0) is 62.2 Å². The van der Waals surface area contributed by atoms with Gasteiger partial charge in [-0.2, -0.15) is 0 Å². The number of aliphatic hydroxyl groups is 1. The zero-order chi connectivity index (χ0) is 63.1.